The van der Waals surface area contributed by atoms with Gasteiger partial charge in [-0.15, -0.1) is 0 Å². The second-order valence-electron chi connectivity index (χ2n) is 8.68. The van der Waals surface area contributed by atoms with Crippen LogP contribution in [0.2, 0.25) is 0 Å². The summed E-state index contributed by atoms with van der Waals surface area (Å²) in [6.45, 7) is 3.09. The highest BCUT2D eigenvalue weighted by Gasteiger charge is 2.24. The zero-order valence-corrected chi connectivity index (χ0v) is 18.0. The molecule has 0 bridgehead atoms. The SMILES string of the molecule is CCCCCCC1CCCCC1CCCOc1ccc(-c2ccc(F)cc2)cc1. The molecule has 29 heavy (non-hydrogen) atoms. The van der Waals surface area contributed by atoms with Crippen molar-refractivity contribution in [1.29, 1.82) is 0 Å². The molecule has 1 nitrogen and oxygen atoms in total. The van der Waals surface area contributed by atoms with Crippen molar-refractivity contribution in [3.8, 4) is 16.9 Å². The third kappa shape index (κ3) is 7.17. The molecule has 2 heteroatoms. The lowest BCUT2D eigenvalue weighted by Gasteiger charge is -2.31. The molecule has 0 spiro atoms. The summed E-state index contributed by atoms with van der Waals surface area (Å²) in [5.41, 5.74) is 2.12. The molecule has 0 aliphatic heterocycles. The van der Waals surface area contributed by atoms with Gasteiger partial charge in [0.15, 0.2) is 0 Å². The number of benzene rings is 2. The van der Waals surface area contributed by atoms with Crippen LogP contribution in [0, 0.1) is 17.7 Å². The van der Waals surface area contributed by atoms with Gasteiger partial charge in [-0.2, -0.15) is 0 Å². The zero-order valence-electron chi connectivity index (χ0n) is 18.0. The van der Waals surface area contributed by atoms with Crippen LogP contribution < -0.4 is 4.74 Å². The minimum absolute atomic E-state index is 0.199. The first-order chi connectivity index (χ1) is 14.3. The molecule has 1 aliphatic carbocycles. The third-order valence-electron chi connectivity index (χ3n) is 6.51. The molecule has 3 rings (SSSR count). The maximum Gasteiger partial charge on any atom is 0.123 e. The molecule has 2 unspecified atom stereocenters. The van der Waals surface area contributed by atoms with Crippen molar-refractivity contribution in [3.05, 3.63) is 54.3 Å². The minimum Gasteiger partial charge on any atom is -0.494 e. The lowest BCUT2D eigenvalue weighted by molar-refractivity contribution is 0.190. The van der Waals surface area contributed by atoms with Crippen LogP contribution in [0.25, 0.3) is 11.1 Å². The summed E-state index contributed by atoms with van der Waals surface area (Å²) in [6.07, 6.45) is 15.2. The molecule has 1 aliphatic rings. The van der Waals surface area contributed by atoms with Gasteiger partial charge in [0.2, 0.25) is 0 Å². The molecule has 0 heterocycles. The topological polar surface area (TPSA) is 9.23 Å². The van der Waals surface area contributed by atoms with Crippen LogP contribution in [0.1, 0.15) is 77.6 Å². The van der Waals surface area contributed by atoms with Crippen molar-refractivity contribution in [3.63, 3.8) is 0 Å². The van der Waals surface area contributed by atoms with Crippen molar-refractivity contribution in [2.24, 2.45) is 11.8 Å². The Kier molecular flexibility index (Phi) is 9.05. The predicted molar refractivity (Wildman–Crippen MR) is 121 cm³/mol. The van der Waals surface area contributed by atoms with E-state index in [0.29, 0.717) is 0 Å². The van der Waals surface area contributed by atoms with Gasteiger partial charge in [-0.25, -0.2) is 4.39 Å². The van der Waals surface area contributed by atoms with E-state index >= 15 is 0 Å². The van der Waals surface area contributed by atoms with Gasteiger partial charge < -0.3 is 4.74 Å². The summed E-state index contributed by atoms with van der Waals surface area (Å²) < 4.78 is 19.1. The summed E-state index contributed by atoms with van der Waals surface area (Å²) in [5, 5.41) is 0. The van der Waals surface area contributed by atoms with Gasteiger partial charge in [-0.3, -0.25) is 0 Å². The molecule has 0 radical (unpaired) electrons. The highest BCUT2D eigenvalue weighted by atomic mass is 19.1. The molecular weight excluding hydrogens is 359 g/mol. The molecule has 1 saturated carbocycles. The second-order valence-corrected chi connectivity index (χ2v) is 8.68. The Hall–Kier alpha value is -1.83. The Morgan fingerprint density at radius 1 is 0.759 bits per heavy atom. The van der Waals surface area contributed by atoms with E-state index in [4.69, 9.17) is 4.74 Å². The predicted octanol–water partition coefficient (Wildman–Crippen LogP) is 8.43. The number of hydrogen-bond acceptors (Lipinski definition) is 1. The number of halogens is 1. The second kappa shape index (κ2) is 12.0. The maximum atomic E-state index is 13.1. The fraction of sp³-hybridized carbons (Fsp3) is 0.556. The number of ether oxygens (including phenoxy) is 1. The normalized spacial score (nSPS) is 19.2. The summed E-state index contributed by atoms with van der Waals surface area (Å²) >= 11 is 0. The molecular formula is C27H37FO. The van der Waals surface area contributed by atoms with E-state index in [9.17, 15) is 4.39 Å². The number of hydrogen-bond donors (Lipinski definition) is 0. The summed E-state index contributed by atoms with van der Waals surface area (Å²) in [4.78, 5) is 0. The van der Waals surface area contributed by atoms with E-state index in [1.807, 2.05) is 24.3 Å². The standard InChI is InChI=1S/C27H37FO/c1-2-3-4-5-9-22-10-6-7-11-23(22)12-8-21-29-27-19-15-25(16-20-27)24-13-17-26(28)18-14-24/h13-20,22-23H,2-12,21H2,1H3. The average Bonchev–Trinajstić information content (AvgIpc) is 2.76. The lowest BCUT2D eigenvalue weighted by atomic mass is 9.74. The highest BCUT2D eigenvalue weighted by Crippen LogP contribution is 2.36. The average molecular weight is 397 g/mol. The van der Waals surface area contributed by atoms with Gasteiger partial charge in [-0.1, -0.05) is 89.0 Å². The van der Waals surface area contributed by atoms with Crippen LogP contribution in [-0.4, -0.2) is 6.61 Å². The quantitative estimate of drug-likeness (QED) is 0.346. The van der Waals surface area contributed by atoms with Gasteiger partial charge in [0, 0.05) is 0 Å². The fourth-order valence-electron chi connectivity index (χ4n) is 4.80. The zero-order chi connectivity index (χ0) is 20.3. The van der Waals surface area contributed by atoms with Gasteiger partial charge in [-0.05, 0) is 60.1 Å². The molecule has 0 saturated heterocycles. The van der Waals surface area contributed by atoms with Crippen LogP contribution in [0.5, 0.6) is 5.75 Å². The Morgan fingerprint density at radius 3 is 1.97 bits per heavy atom. The fourth-order valence-corrected chi connectivity index (χ4v) is 4.80. The van der Waals surface area contributed by atoms with Gasteiger partial charge in [0.05, 0.1) is 6.61 Å². The van der Waals surface area contributed by atoms with E-state index in [2.05, 4.69) is 19.1 Å². The third-order valence-corrected chi connectivity index (χ3v) is 6.51. The molecule has 0 aromatic heterocycles. The minimum atomic E-state index is -0.199. The molecule has 158 valence electrons. The van der Waals surface area contributed by atoms with Gasteiger partial charge >= 0.3 is 0 Å². The van der Waals surface area contributed by atoms with Crippen molar-refractivity contribution >= 4 is 0 Å². The first-order valence-electron chi connectivity index (χ1n) is 11.7. The molecule has 1 fully saturated rings. The van der Waals surface area contributed by atoms with Gasteiger partial charge in [0.1, 0.15) is 11.6 Å². The van der Waals surface area contributed by atoms with Crippen molar-refractivity contribution in [2.75, 3.05) is 6.61 Å². The van der Waals surface area contributed by atoms with Crippen molar-refractivity contribution < 1.29 is 9.13 Å². The lowest BCUT2D eigenvalue weighted by Crippen LogP contribution is -2.20. The van der Waals surface area contributed by atoms with E-state index in [1.54, 1.807) is 0 Å². The summed E-state index contributed by atoms with van der Waals surface area (Å²) in [5.74, 6) is 2.59. The van der Waals surface area contributed by atoms with Crippen LogP contribution in [0.3, 0.4) is 0 Å². The Bertz CT molecular complexity index is 691. The Balaban J connectivity index is 1.39. The molecule has 2 atom stereocenters. The largest absolute Gasteiger partial charge is 0.494 e. The molecule has 2 aromatic carbocycles. The number of rotatable bonds is 11. The van der Waals surface area contributed by atoms with Gasteiger partial charge in [0.25, 0.3) is 0 Å². The van der Waals surface area contributed by atoms with Crippen LogP contribution in [0.15, 0.2) is 48.5 Å². The molecule has 0 amide bonds. The summed E-state index contributed by atoms with van der Waals surface area (Å²) in [6, 6.07) is 14.8. The molecule has 0 N–H and O–H groups in total. The van der Waals surface area contributed by atoms with Crippen molar-refractivity contribution in [2.45, 2.75) is 77.6 Å². The van der Waals surface area contributed by atoms with E-state index in [0.717, 1.165) is 41.7 Å². The first-order valence-corrected chi connectivity index (χ1v) is 11.7. The number of unbranched alkanes of at least 4 members (excludes halogenated alkanes) is 3. The van der Waals surface area contributed by atoms with E-state index in [-0.39, 0.29) is 5.82 Å². The first kappa shape index (κ1) is 21.9. The highest BCUT2D eigenvalue weighted by molar-refractivity contribution is 5.63. The van der Waals surface area contributed by atoms with Crippen molar-refractivity contribution in [1.82, 2.24) is 0 Å². The monoisotopic (exact) mass is 396 g/mol. The van der Waals surface area contributed by atoms with Crippen LogP contribution >= 0.6 is 0 Å². The van der Waals surface area contributed by atoms with Crippen LogP contribution in [-0.2, 0) is 0 Å². The molecule has 2 aromatic rings. The maximum absolute atomic E-state index is 13.1. The van der Waals surface area contributed by atoms with Crippen LogP contribution in [0.4, 0.5) is 4.39 Å². The summed E-state index contributed by atoms with van der Waals surface area (Å²) in [7, 11) is 0. The smallest absolute Gasteiger partial charge is 0.123 e. The Morgan fingerprint density at radius 2 is 1.34 bits per heavy atom. The Labute approximate surface area is 176 Å². The van der Waals surface area contributed by atoms with E-state index < -0.39 is 0 Å². The van der Waals surface area contributed by atoms with E-state index in [1.165, 1.54) is 76.3 Å².